The summed E-state index contributed by atoms with van der Waals surface area (Å²) in [6.45, 7) is 2.31. The Hall–Kier alpha value is -3.28. The van der Waals surface area contributed by atoms with Gasteiger partial charge in [-0.25, -0.2) is 0 Å². The van der Waals surface area contributed by atoms with Gasteiger partial charge in [0.1, 0.15) is 18.1 Å². The summed E-state index contributed by atoms with van der Waals surface area (Å²) >= 11 is 0. The largest absolute Gasteiger partial charge is 0.493 e. The summed E-state index contributed by atoms with van der Waals surface area (Å²) in [7, 11) is 0. The monoisotopic (exact) mass is 377 g/mol. The van der Waals surface area contributed by atoms with Crippen LogP contribution >= 0.6 is 0 Å². The van der Waals surface area contributed by atoms with Gasteiger partial charge in [-0.1, -0.05) is 24.3 Å². The Labute approximate surface area is 164 Å². The predicted octanol–water partition coefficient (Wildman–Crippen LogP) is 3.22. The third-order valence-electron chi connectivity index (χ3n) is 4.69. The number of para-hydroxylation sites is 1. The van der Waals surface area contributed by atoms with E-state index < -0.39 is 0 Å². The van der Waals surface area contributed by atoms with Crippen molar-refractivity contribution in [3.8, 4) is 11.5 Å². The highest BCUT2D eigenvalue weighted by atomic mass is 16.5. The number of rotatable bonds is 7. The zero-order valence-electron chi connectivity index (χ0n) is 15.6. The second-order valence-corrected chi connectivity index (χ2v) is 6.69. The predicted molar refractivity (Wildman–Crippen MR) is 106 cm³/mol. The zero-order chi connectivity index (χ0) is 19.2. The smallest absolute Gasteiger partial charge is 0.255 e. The van der Waals surface area contributed by atoms with Crippen molar-refractivity contribution in [1.29, 1.82) is 0 Å². The van der Waals surface area contributed by atoms with Gasteiger partial charge in [-0.3, -0.25) is 9.48 Å². The molecule has 4 rings (SSSR count). The fraction of sp³-hybridized carbons (Fsp3) is 0.273. The van der Waals surface area contributed by atoms with Crippen molar-refractivity contribution in [3.05, 3.63) is 77.6 Å². The van der Waals surface area contributed by atoms with Gasteiger partial charge in [-0.2, -0.15) is 5.10 Å². The molecule has 0 aliphatic carbocycles. The number of aromatic nitrogens is 2. The Morgan fingerprint density at radius 1 is 1.21 bits per heavy atom. The number of fused-ring (bicyclic) bond motifs is 1. The maximum Gasteiger partial charge on any atom is 0.255 e. The molecule has 0 saturated carbocycles. The number of nitrogens with zero attached hydrogens (tertiary/aromatic N) is 2. The second-order valence-electron chi connectivity index (χ2n) is 6.69. The van der Waals surface area contributed by atoms with Crippen molar-refractivity contribution in [3.63, 3.8) is 0 Å². The summed E-state index contributed by atoms with van der Waals surface area (Å²) in [5, 5.41) is 7.14. The van der Waals surface area contributed by atoms with Crippen molar-refractivity contribution < 1.29 is 14.3 Å². The first-order chi connectivity index (χ1) is 13.8. The number of benzene rings is 2. The molecule has 28 heavy (non-hydrogen) atoms. The standard InChI is InChI=1S/C22H23N3O3/c26-22(23-16-17-8-9-20-18(15-17)5-3-13-27-20)19-6-1-2-7-21(19)28-14-12-25-11-4-10-24-25/h1-2,4,6-11,15H,3,5,12-14,16H2,(H,23,26). The summed E-state index contributed by atoms with van der Waals surface area (Å²) < 4.78 is 13.3. The first-order valence-electron chi connectivity index (χ1n) is 9.52. The van der Waals surface area contributed by atoms with Crippen LogP contribution in [0.3, 0.4) is 0 Å². The maximum atomic E-state index is 12.7. The fourth-order valence-electron chi connectivity index (χ4n) is 3.26. The highest BCUT2D eigenvalue weighted by molar-refractivity contribution is 5.96. The average Bonchev–Trinajstić information content (AvgIpc) is 3.26. The first kappa shape index (κ1) is 18.1. The minimum absolute atomic E-state index is 0.149. The molecule has 0 saturated heterocycles. The third-order valence-corrected chi connectivity index (χ3v) is 4.69. The molecule has 144 valence electrons. The molecular weight excluding hydrogens is 354 g/mol. The normalized spacial score (nSPS) is 12.7. The van der Waals surface area contributed by atoms with Gasteiger partial charge in [-0.05, 0) is 48.2 Å². The molecule has 6 heteroatoms. The van der Waals surface area contributed by atoms with Crippen LogP contribution in [0, 0.1) is 0 Å². The van der Waals surface area contributed by atoms with E-state index in [1.54, 1.807) is 16.9 Å². The fourth-order valence-corrected chi connectivity index (χ4v) is 3.26. The van der Waals surface area contributed by atoms with Crippen LogP contribution in [0.25, 0.3) is 0 Å². The van der Waals surface area contributed by atoms with Crippen LogP contribution in [-0.4, -0.2) is 28.9 Å². The van der Waals surface area contributed by atoms with Crippen LogP contribution in [0.2, 0.25) is 0 Å². The van der Waals surface area contributed by atoms with Crippen LogP contribution in [0.4, 0.5) is 0 Å². The topological polar surface area (TPSA) is 65.4 Å². The lowest BCUT2D eigenvalue weighted by atomic mass is 10.0. The lowest BCUT2D eigenvalue weighted by Gasteiger charge is -2.18. The van der Waals surface area contributed by atoms with Crippen molar-refractivity contribution in [2.45, 2.75) is 25.9 Å². The molecule has 0 spiro atoms. The Morgan fingerprint density at radius 2 is 2.14 bits per heavy atom. The molecule has 3 aromatic rings. The number of carbonyl (C=O) groups is 1. The number of hydrogen-bond acceptors (Lipinski definition) is 4. The van der Waals surface area contributed by atoms with Gasteiger partial charge in [0.15, 0.2) is 0 Å². The van der Waals surface area contributed by atoms with Crippen molar-refractivity contribution in [2.24, 2.45) is 0 Å². The Bertz CT molecular complexity index is 938. The molecule has 6 nitrogen and oxygen atoms in total. The van der Waals surface area contributed by atoms with Crippen LogP contribution < -0.4 is 14.8 Å². The van der Waals surface area contributed by atoms with E-state index in [1.165, 1.54) is 5.56 Å². The van der Waals surface area contributed by atoms with Crippen molar-refractivity contribution in [1.82, 2.24) is 15.1 Å². The minimum atomic E-state index is -0.149. The van der Waals surface area contributed by atoms with E-state index in [4.69, 9.17) is 9.47 Å². The number of aryl methyl sites for hydroxylation is 1. The lowest BCUT2D eigenvalue weighted by molar-refractivity contribution is 0.0946. The maximum absolute atomic E-state index is 12.7. The molecule has 1 aliphatic rings. The van der Waals surface area contributed by atoms with Crippen LogP contribution in [0.1, 0.15) is 27.9 Å². The van der Waals surface area contributed by atoms with E-state index in [1.807, 2.05) is 42.6 Å². The van der Waals surface area contributed by atoms with E-state index in [9.17, 15) is 4.79 Å². The average molecular weight is 377 g/mol. The molecule has 2 aromatic carbocycles. The molecule has 0 radical (unpaired) electrons. The Balaban J connectivity index is 1.36. The summed E-state index contributed by atoms with van der Waals surface area (Å²) in [5.74, 6) is 1.38. The summed E-state index contributed by atoms with van der Waals surface area (Å²) in [6, 6.07) is 15.3. The summed E-state index contributed by atoms with van der Waals surface area (Å²) in [6.07, 6.45) is 5.66. The van der Waals surface area contributed by atoms with Gasteiger partial charge in [0.2, 0.25) is 0 Å². The summed E-state index contributed by atoms with van der Waals surface area (Å²) in [5.41, 5.74) is 2.80. The highest BCUT2D eigenvalue weighted by Gasteiger charge is 2.14. The number of hydrogen-bond donors (Lipinski definition) is 1. The van der Waals surface area contributed by atoms with Gasteiger partial charge in [0.05, 0.1) is 18.7 Å². The Kier molecular flexibility index (Phi) is 5.56. The molecule has 0 unspecified atom stereocenters. The van der Waals surface area contributed by atoms with Crippen molar-refractivity contribution >= 4 is 5.91 Å². The minimum Gasteiger partial charge on any atom is -0.493 e. The van der Waals surface area contributed by atoms with E-state index >= 15 is 0 Å². The SMILES string of the molecule is O=C(NCc1ccc2c(c1)CCCO2)c1ccccc1OCCn1cccn1. The molecule has 0 fully saturated rings. The molecule has 2 heterocycles. The van der Waals surface area contributed by atoms with Crippen LogP contribution in [0.5, 0.6) is 11.5 Å². The molecule has 0 bridgehead atoms. The van der Waals surface area contributed by atoms with E-state index in [2.05, 4.69) is 16.5 Å². The van der Waals surface area contributed by atoms with E-state index in [0.717, 1.165) is 30.8 Å². The molecule has 1 amide bonds. The molecule has 1 aliphatic heterocycles. The second kappa shape index (κ2) is 8.61. The molecule has 0 atom stereocenters. The quantitative estimate of drug-likeness (QED) is 0.687. The number of nitrogens with one attached hydrogen (secondary N) is 1. The van der Waals surface area contributed by atoms with Crippen LogP contribution in [-0.2, 0) is 19.5 Å². The lowest BCUT2D eigenvalue weighted by Crippen LogP contribution is -2.24. The van der Waals surface area contributed by atoms with Gasteiger partial charge in [0, 0.05) is 18.9 Å². The number of amides is 1. The van der Waals surface area contributed by atoms with E-state index in [0.29, 0.717) is 31.0 Å². The first-order valence-corrected chi connectivity index (χ1v) is 9.52. The van der Waals surface area contributed by atoms with Gasteiger partial charge >= 0.3 is 0 Å². The van der Waals surface area contributed by atoms with Gasteiger partial charge in [-0.15, -0.1) is 0 Å². The Morgan fingerprint density at radius 3 is 3.04 bits per heavy atom. The highest BCUT2D eigenvalue weighted by Crippen LogP contribution is 2.25. The third kappa shape index (κ3) is 4.34. The van der Waals surface area contributed by atoms with E-state index in [-0.39, 0.29) is 5.91 Å². The number of ether oxygens (including phenoxy) is 2. The number of carbonyl (C=O) groups excluding carboxylic acids is 1. The summed E-state index contributed by atoms with van der Waals surface area (Å²) in [4.78, 5) is 12.7. The van der Waals surface area contributed by atoms with Crippen molar-refractivity contribution in [2.75, 3.05) is 13.2 Å². The zero-order valence-corrected chi connectivity index (χ0v) is 15.6. The molecule has 1 aromatic heterocycles. The molecule has 1 N–H and O–H groups in total. The van der Waals surface area contributed by atoms with Gasteiger partial charge < -0.3 is 14.8 Å². The molecular formula is C22H23N3O3. The van der Waals surface area contributed by atoms with Gasteiger partial charge in [0.25, 0.3) is 5.91 Å². The van der Waals surface area contributed by atoms with Crippen LogP contribution in [0.15, 0.2) is 60.9 Å².